The van der Waals surface area contributed by atoms with Crippen molar-refractivity contribution in [2.24, 2.45) is 0 Å². The molecule has 1 aromatic heterocycles. The lowest BCUT2D eigenvalue weighted by atomic mass is 10.2. The number of rotatable bonds is 6. The molecule has 0 fully saturated rings. The number of aromatic nitrogens is 2. The van der Waals surface area contributed by atoms with Crippen LogP contribution in [0.15, 0.2) is 88.1 Å². The highest BCUT2D eigenvalue weighted by atomic mass is 28.4. The highest BCUT2D eigenvalue weighted by Crippen LogP contribution is 2.37. The molecule has 34 heavy (non-hydrogen) atoms. The van der Waals surface area contributed by atoms with Crippen LogP contribution in [0, 0.1) is 6.92 Å². The first kappa shape index (κ1) is 24.1. The highest BCUT2D eigenvalue weighted by molar-refractivity contribution is 6.99. The fourth-order valence-electron chi connectivity index (χ4n) is 4.79. The van der Waals surface area contributed by atoms with Gasteiger partial charge in [0.05, 0.1) is 6.61 Å². The number of aromatic amines is 1. The molecule has 1 aliphatic rings. The molecule has 0 radical (unpaired) electrons. The summed E-state index contributed by atoms with van der Waals surface area (Å²) in [5.74, 6) is 0. The molecule has 0 bridgehead atoms. The zero-order valence-electron chi connectivity index (χ0n) is 20.4. The lowest BCUT2D eigenvalue weighted by Crippen LogP contribution is -2.67. The van der Waals surface area contributed by atoms with Gasteiger partial charge < -0.3 is 9.16 Å². The topological polar surface area (TPSA) is 73.3 Å². The average molecular weight is 477 g/mol. The summed E-state index contributed by atoms with van der Waals surface area (Å²) in [7, 11) is -2.69. The van der Waals surface area contributed by atoms with Gasteiger partial charge in [-0.1, -0.05) is 87.5 Å². The lowest BCUT2D eigenvalue weighted by molar-refractivity contribution is -0.0114. The Morgan fingerprint density at radius 2 is 1.53 bits per heavy atom. The molecule has 0 amide bonds. The summed E-state index contributed by atoms with van der Waals surface area (Å²) >= 11 is 0. The second-order valence-electron chi connectivity index (χ2n) is 9.89. The number of hydrogen-bond donors (Lipinski definition) is 1. The normalized spacial score (nSPS) is 18.7. The van der Waals surface area contributed by atoms with Crippen LogP contribution in [-0.4, -0.2) is 30.6 Å². The van der Waals surface area contributed by atoms with E-state index in [1.54, 1.807) is 13.1 Å². The molecule has 0 unspecified atom stereocenters. The van der Waals surface area contributed by atoms with Crippen molar-refractivity contribution in [1.29, 1.82) is 0 Å². The van der Waals surface area contributed by atoms with Crippen molar-refractivity contribution in [2.75, 3.05) is 6.61 Å². The molecule has 0 aliphatic carbocycles. The number of benzene rings is 2. The molecule has 7 heteroatoms. The molecular formula is C27H32N2O4Si. The van der Waals surface area contributed by atoms with Gasteiger partial charge in [0.2, 0.25) is 0 Å². The first-order valence-corrected chi connectivity index (χ1v) is 13.4. The fraction of sp³-hybridized carbons (Fsp3) is 0.333. The number of H-pyrrole nitrogens is 1. The lowest BCUT2D eigenvalue weighted by Gasteiger charge is -2.43. The van der Waals surface area contributed by atoms with Crippen molar-refractivity contribution >= 4 is 18.7 Å². The van der Waals surface area contributed by atoms with Crippen LogP contribution in [0.2, 0.25) is 5.04 Å². The van der Waals surface area contributed by atoms with Crippen molar-refractivity contribution in [3.05, 3.63) is 105 Å². The highest BCUT2D eigenvalue weighted by Gasteiger charge is 2.50. The molecule has 0 saturated carbocycles. The zero-order chi connectivity index (χ0) is 24.5. The first-order chi connectivity index (χ1) is 16.1. The third kappa shape index (κ3) is 4.38. The minimum atomic E-state index is -2.69. The van der Waals surface area contributed by atoms with Gasteiger partial charge >= 0.3 is 5.69 Å². The minimum absolute atomic E-state index is 0.139. The predicted octanol–water partition coefficient (Wildman–Crippen LogP) is 3.27. The van der Waals surface area contributed by atoms with Crippen molar-refractivity contribution in [3.63, 3.8) is 0 Å². The van der Waals surface area contributed by atoms with E-state index in [2.05, 4.69) is 74.3 Å². The maximum Gasteiger partial charge on any atom is 0.330 e. The summed E-state index contributed by atoms with van der Waals surface area (Å²) in [4.78, 5) is 26.6. The number of ether oxygens (including phenoxy) is 1. The Morgan fingerprint density at radius 1 is 0.971 bits per heavy atom. The van der Waals surface area contributed by atoms with Crippen molar-refractivity contribution < 1.29 is 9.16 Å². The summed E-state index contributed by atoms with van der Waals surface area (Å²) in [6.07, 6.45) is 2.67. The SMILES string of the molecule is CC1=C[C@@H](CO[Si](c2ccccc2)(c2ccccc2)C(C)(C)C)O[C@H]1n1cc(C)c(=O)[nH]c1=O. The number of nitrogens with zero attached hydrogens (tertiary/aromatic N) is 1. The van der Waals surface area contributed by atoms with E-state index in [0.717, 1.165) is 5.57 Å². The number of nitrogens with one attached hydrogen (secondary N) is 1. The average Bonchev–Trinajstić information content (AvgIpc) is 3.17. The van der Waals surface area contributed by atoms with Crippen molar-refractivity contribution in [1.82, 2.24) is 9.55 Å². The molecule has 2 aromatic carbocycles. The molecule has 1 N–H and O–H groups in total. The second kappa shape index (κ2) is 9.33. The smallest absolute Gasteiger partial charge is 0.330 e. The van der Waals surface area contributed by atoms with E-state index in [0.29, 0.717) is 12.2 Å². The van der Waals surface area contributed by atoms with E-state index >= 15 is 0 Å². The van der Waals surface area contributed by atoms with Gasteiger partial charge in [0.15, 0.2) is 6.23 Å². The van der Waals surface area contributed by atoms with E-state index in [9.17, 15) is 9.59 Å². The van der Waals surface area contributed by atoms with Crippen LogP contribution in [0.5, 0.6) is 0 Å². The molecule has 1 aliphatic heterocycles. The summed E-state index contributed by atoms with van der Waals surface area (Å²) in [6.45, 7) is 10.7. The Bertz CT molecular complexity index is 1250. The van der Waals surface area contributed by atoms with Gasteiger partial charge in [0, 0.05) is 11.8 Å². The van der Waals surface area contributed by atoms with E-state index in [1.807, 2.05) is 25.1 Å². The van der Waals surface area contributed by atoms with Gasteiger partial charge in [-0.15, -0.1) is 0 Å². The molecule has 6 nitrogen and oxygen atoms in total. The van der Waals surface area contributed by atoms with E-state index in [-0.39, 0.29) is 16.7 Å². The first-order valence-electron chi connectivity index (χ1n) is 11.5. The van der Waals surface area contributed by atoms with Gasteiger partial charge in [-0.05, 0) is 34.8 Å². The van der Waals surface area contributed by atoms with Crippen LogP contribution < -0.4 is 21.6 Å². The number of aryl methyl sites for hydroxylation is 1. The molecule has 0 saturated heterocycles. The molecule has 4 rings (SSSR count). The summed E-state index contributed by atoms with van der Waals surface area (Å²) < 4.78 is 14.7. The molecule has 3 aromatic rings. The van der Waals surface area contributed by atoms with Crippen LogP contribution in [0.4, 0.5) is 0 Å². The van der Waals surface area contributed by atoms with Gasteiger partial charge in [0.25, 0.3) is 13.9 Å². The van der Waals surface area contributed by atoms with Crippen LogP contribution in [0.1, 0.15) is 39.5 Å². The maximum atomic E-state index is 12.4. The van der Waals surface area contributed by atoms with Crippen LogP contribution in [0.3, 0.4) is 0 Å². The Hall–Kier alpha value is -3.00. The molecule has 178 valence electrons. The second-order valence-corrected chi connectivity index (χ2v) is 14.2. The van der Waals surface area contributed by atoms with Gasteiger partial charge in [-0.25, -0.2) is 4.79 Å². The van der Waals surface area contributed by atoms with Gasteiger partial charge in [-0.3, -0.25) is 14.3 Å². The van der Waals surface area contributed by atoms with E-state index < -0.39 is 20.2 Å². The van der Waals surface area contributed by atoms with E-state index in [4.69, 9.17) is 9.16 Å². The van der Waals surface area contributed by atoms with Crippen molar-refractivity contribution in [3.8, 4) is 0 Å². The van der Waals surface area contributed by atoms with Crippen LogP contribution in [-0.2, 0) is 9.16 Å². The van der Waals surface area contributed by atoms with Crippen LogP contribution in [0.25, 0.3) is 0 Å². The maximum absolute atomic E-state index is 12.4. The van der Waals surface area contributed by atoms with Crippen molar-refractivity contribution in [2.45, 2.75) is 52.0 Å². The zero-order valence-corrected chi connectivity index (χ0v) is 21.4. The Balaban J connectivity index is 1.67. The molecule has 2 atom stereocenters. The molecular weight excluding hydrogens is 444 g/mol. The Kier molecular flexibility index (Phi) is 6.62. The molecule has 0 spiro atoms. The third-order valence-electron chi connectivity index (χ3n) is 6.42. The predicted molar refractivity (Wildman–Crippen MR) is 137 cm³/mol. The fourth-order valence-corrected chi connectivity index (χ4v) is 9.36. The molecule has 2 heterocycles. The van der Waals surface area contributed by atoms with Gasteiger partial charge in [-0.2, -0.15) is 0 Å². The minimum Gasteiger partial charge on any atom is -0.404 e. The number of hydrogen-bond acceptors (Lipinski definition) is 4. The summed E-state index contributed by atoms with van der Waals surface area (Å²) in [6, 6.07) is 20.9. The Labute approximate surface area is 201 Å². The Morgan fingerprint density at radius 3 is 2.06 bits per heavy atom. The summed E-state index contributed by atoms with van der Waals surface area (Å²) in [5, 5.41) is 2.27. The summed E-state index contributed by atoms with van der Waals surface area (Å²) in [5.41, 5.74) is 0.502. The van der Waals surface area contributed by atoms with Gasteiger partial charge in [0.1, 0.15) is 6.10 Å². The monoisotopic (exact) mass is 476 g/mol. The van der Waals surface area contributed by atoms with E-state index in [1.165, 1.54) is 14.9 Å². The largest absolute Gasteiger partial charge is 0.404 e. The van der Waals surface area contributed by atoms with Crippen LogP contribution >= 0.6 is 0 Å². The quantitative estimate of drug-likeness (QED) is 0.438. The standard InChI is InChI=1S/C27H32N2O4Si/c1-19-16-21(33-25(19)29-17-20(2)24(30)28-26(29)31)18-32-34(27(3,4)5,22-12-8-6-9-13-22)23-14-10-7-11-15-23/h6-17,21,25H,18H2,1-5H3,(H,28,30,31)/t21-,25+/m0/s1. The third-order valence-corrected chi connectivity index (χ3v) is 11.4.